The first-order valence-electron chi connectivity index (χ1n) is 6.27. The van der Waals surface area contributed by atoms with Gasteiger partial charge in [-0.3, -0.25) is 0 Å². The second-order valence-electron chi connectivity index (χ2n) is 4.21. The monoisotopic (exact) mass is 290 g/mol. The first-order valence-corrected chi connectivity index (χ1v) is 6.65. The Morgan fingerprint density at radius 3 is 2.90 bits per heavy atom. The standard InChI is InChI=1S/C15H15ClN2O2/c1-3-20-15(19)12-5-4-8-17-14(12)18-11-7-6-10(2)13(16)9-11/h4-9H,3H2,1-2H3,(H,17,18). The molecule has 0 aliphatic rings. The Hall–Kier alpha value is -2.07. The van der Waals surface area contributed by atoms with E-state index in [0.717, 1.165) is 11.3 Å². The molecule has 5 heteroatoms. The minimum absolute atomic E-state index is 0.323. The Bertz CT molecular complexity index is 629. The molecule has 1 N–H and O–H groups in total. The molecule has 0 spiro atoms. The van der Waals surface area contributed by atoms with Gasteiger partial charge in [0.15, 0.2) is 0 Å². The maximum Gasteiger partial charge on any atom is 0.341 e. The molecule has 0 radical (unpaired) electrons. The molecule has 4 nitrogen and oxygen atoms in total. The molecule has 0 unspecified atom stereocenters. The molecule has 0 fully saturated rings. The number of nitrogens with one attached hydrogen (secondary N) is 1. The lowest BCUT2D eigenvalue weighted by Crippen LogP contribution is -2.09. The Morgan fingerprint density at radius 2 is 2.20 bits per heavy atom. The highest BCUT2D eigenvalue weighted by molar-refractivity contribution is 6.31. The molecule has 1 aromatic heterocycles. The molecule has 1 aromatic carbocycles. The number of esters is 1. The van der Waals surface area contributed by atoms with Gasteiger partial charge in [0.2, 0.25) is 0 Å². The van der Waals surface area contributed by atoms with Gasteiger partial charge in [-0.1, -0.05) is 17.7 Å². The van der Waals surface area contributed by atoms with Gasteiger partial charge in [-0.25, -0.2) is 9.78 Å². The molecule has 20 heavy (non-hydrogen) atoms. The molecule has 0 saturated carbocycles. The lowest BCUT2D eigenvalue weighted by atomic mass is 10.2. The van der Waals surface area contributed by atoms with Gasteiger partial charge in [-0.15, -0.1) is 0 Å². The summed E-state index contributed by atoms with van der Waals surface area (Å²) < 4.78 is 5.00. The van der Waals surface area contributed by atoms with Crippen LogP contribution in [0.1, 0.15) is 22.8 Å². The van der Waals surface area contributed by atoms with E-state index in [0.29, 0.717) is 23.0 Å². The zero-order valence-corrected chi connectivity index (χ0v) is 12.1. The summed E-state index contributed by atoms with van der Waals surface area (Å²) in [5, 5.41) is 3.74. The molecule has 0 saturated heterocycles. The summed E-state index contributed by atoms with van der Waals surface area (Å²) in [6.07, 6.45) is 1.61. The average molecular weight is 291 g/mol. The molecule has 0 aliphatic heterocycles. The van der Waals surface area contributed by atoms with Crippen molar-refractivity contribution in [3.8, 4) is 0 Å². The highest BCUT2D eigenvalue weighted by Gasteiger charge is 2.13. The van der Waals surface area contributed by atoms with Gasteiger partial charge in [0.25, 0.3) is 0 Å². The van der Waals surface area contributed by atoms with Crippen LogP contribution in [0, 0.1) is 6.92 Å². The van der Waals surface area contributed by atoms with E-state index in [1.165, 1.54) is 0 Å². The summed E-state index contributed by atoms with van der Waals surface area (Å²) in [5.41, 5.74) is 2.15. The maximum atomic E-state index is 11.8. The van der Waals surface area contributed by atoms with Crippen LogP contribution in [0.15, 0.2) is 36.5 Å². The highest BCUT2D eigenvalue weighted by atomic mass is 35.5. The molecule has 2 rings (SSSR count). The van der Waals surface area contributed by atoms with Crippen molar-refractivity contribution in [2.75, 3.05) is 11.9 Å². The zero-order valence-electron chi connectivity index (χ0n) is 11.3. The number of ether oxygens (including phenoxy) is 1. The number of benzene rings is 1. The quantitative estimate of drug-likeness (QED) is 0.866. The van der Waals surface area contributed by atoms with Gasteiger partial charge < -0.3 is 10.1 Å². The summed E-state index contributed by atoms with van der Waals surface area (Å²) in [6.45, 7) is 4.02. The third kappa shape index (κ3) is 3.27. The number of halogens is 1. The fraction of sp³-hybridized carbons (Fsp3) is 0.200. The third-order valence-corrected chi connectivity index (χ3v) is 3.14. The number of carbonyl (C=O) groups excluding carboxylic acids is 1. The van der Waals surface area contributed by atoms with Crippen LogP contribution < -0.4 is 5.32 Å². The summed E-state index contributed by atoms with van der Waals surface area (Å²) in [5.74, 6) is 0.0483. The number of rotatable bonds is 4. The van der Waals surface area contributed by atoms with Crippen molar-refractivity contribution in [3.63, 3.8) is 0 Å². The fourth-order valence-electron chi connectivity index (χ4n) is 1.69. The van der Waals surface area contributed by atoms with Crippen LogP contribution >= 0.6 is 11.6 Å². The van der Waals surface area contributed by atoms with Crippen LogP contribution in [0.3, 0.4) is 0 Å². The molecule has 2 aromatic rings. The van der Waals surface area contributed by atoms with Crippen molar-refractivity contribution in [3.05, 3.63) is 52.7 Å². The van der Waals surface area contributed by atoms with Gasteiger partial charge >= 0.3 is 5.97 Å². The van der Waals surface area contributed by atoms with Gasteiger partial charge in [-0.05, 0) is 43.7 Å². The van der Waals surface area contributed by atoms with Gasteiger partial charge in [0.1, 0.15) is 11.4 Å². The van der Waals surface area contributed by atoms with Crippen molar-refractivity contribution in [2.24, 2.45) is 0 Å². The van der Waals surface area contributed by atoms with E-state index >= 15 is 0 Å². The Morgan fingerprint density at radius 1 is 1.40 bits per heavy atom. The molecule has 1 heterocycles. The van der Waals surface area contributed by atoms with Crippen molar-refractivity contribution in [1.29, 1.82) is 0 Å². The van der Waals surface area contributed by atoms with Gasteiger partial charge in [-0.2, -0.15) is 0 Å². The predicted molar refractivity (Wildman–Crippen MR) is 79.7 cm³/mol. The Balaban J connectivity index is 2.29. The third-order valence-electron chi connectivity index (χ3n) is 2.74. The van der Waals surface area contributed by atoms with Gasteiger partial charge in [0, 0.05) is 16.9 Å². The van der Waals surface area contributed by atoms with Crippen molar-refractivity contribution in [1.82, 2.24) is 4.98 Å². The van der Waals surface area contributed by atoms with Crippen molar-refractivity contribution >= 4 is 29.1 Å². The van der Waals surface area contributed by atoms with E-state index in [1.807, 2.05) is 19.1 Å². The molecule has 0 aliphatic carbocycles. The number of aromatic nitrogens is 1. The first-order chi connectivity index (χ1) is 9.61. The Labute approximate surface area is 122 Å². The second kappa shape index (κ2) is 6.39. The fourth-order valence-corrected chi connectivity index (χ4v) is 1.87. The molecular weight excluding hydrogens is 276 g/mol. The summed E-state index contributed by atoms with van der Waals surface area (Å²) >= 11 is 6.08. The number of aryl methyl sites for hydroxylation is 1. The van der Waals surface area contributed by atoms with E-state index in [-0.39, 0.29) is 0 Å². The van der Waals surface area contributed by atoms with E-state index < -0.39 is 5.97 Å². The smallest absolute Gasteiger partial charge is 0.341 e. The second-order valence-corrected chi connectivity index (χ2v) is 4.62. The van der Waals surface area contributed by atoms with E-state index in [2.05, 4.69) is 10.3 Å². The number of anilines is 2. The first kappa shape index (κ1) is 14.3. The average Bonchev–Trinajstić information content (AvgIpc) is 2.44. The largest absolute Gasteiger partial charge is 0.462 e. The van der Waals surface area contributed by atoms with Gasteiger partial charge in [0.05, 0.1) is 6.61 Å². The number of carbonyl (C=O) groups is 1. The molecule has 0 bridgehead atoms. The van der Waals surface area contributed by atoms with Crippen LogP contribution in [-0.2, 0) is 4.74 Å². The normalized spacial score (nSPS) is 10.2. The van der Waals surface area contributed by atoms with Crippen molar-refractivity contribution in [2.45, 2.75) is 13.8 Å². The highest BCUT2D eigenvalue weighted by Crippen LogP contribution is 2.24. The SMILES string of the molecule is CCOC(=O)c1cccnc1Nc1ccc(C)c(Cl)c1. The van der Waals surface area contributed by atoms with E-state index in [4.69, 9.17) is 16.3 Å². The van der Waals surface area contributed by atoms with Crippen LogP contribution in [0.25, 0.3) is 0 Å². The summed E-state index contributed by atoms with van der Waals surface area (Å²) in [7, 11) is 0. The molecular formula is C15H15ClN2O2. The molecule has 0 amide bonds. The Kier molecular flexibility index (Phi) is 4.58. The van der Waals surface area contributed by atoms with Crippen LogP contribution in [0.2, 0.25) is 5.02 Å². The zero-order chi connectivity index (χ0) is 14.5. The maximum absolute atomic E-state index is 11.8. The lowest BCUT2D eigenvalue weighted by molar-refractivity contribution is 0.0527. The predicted octanol–water partition coefficient (Wildman–Crippen LogP) is 3.96. The summed E-state index contributed by atoms with van der Waals surface area (Å²) in [6, 6.07) is 8.94. The van der Waals surface area contributed by atoms with Crippen LogP contribution in [-0.4, -0.2) is 17.6 Å². The van der Waals surface area contributed by atoms with Crippen LogP contribution in [0.4, 0.5) is 11.5 Å². The molecule has 0 atom stereocenters. The number of pyridine rings is 1. The van der Waals surface area contributed by atoms with E-state index in [9.17, 15) is 4.79 Å². The minimum Gasteiger partial charge on any atom is -0.462 e. The molecule has 104 valence electrons. The van der Waals surface area contributed by atoms with Crippen molar-refractivity contribution < 1.29 is 9.53 Å². The van der Waals surface area contributed by atoms with Crippen LogP contribution in [0.5, 0.6) is 0 Å². The lowest BCUT2D eigenvalue weighted by Gasteiger charge is -2.11. The van der Waals surface area contributed by atoms with E-state index in [1.54, 1.807) is 31.3 Å². The number of nitrogens with zero attached hydrogens (tertiary/aromatic N) is 1. The number of hydrogen-bond donors (Lipinski definition) is 1. The number of hydrogen-bond acceptors (Lipinski definition) is 4. The topological polar surface area (TPSA) is 51.2 Å². The summed E-state index contributed by atoms with van der Waals surface area (Å²) in [4.78, 5) is 16.0. The minimum atomic E-state index is -0.402.